The van der Waals surface area contributed by atoms with Crippen LogP contribution < -0.4 is 11.1 Å². The van der Waals surface area contributed by atoms with Gasteiger partial charge in [-0.15, -0.1) is 0 Å². The summed E-state index contributed by atoms with van der Waals surface area (Å²) in [5, 5.41) is 2.91. The number of nitrogens with two attached hydrogens (primary N) is 1. The molecule has 0 radical (unpaired) electrons. The second kappa shape index (κ2) is 6.91. The van der Waals surface area contributed by atoms with Crippen LogP contribution in [0, 0.1) is 0 Å². The van der Waals surface area contributed by atoms with Crippen LogP contribution in [-0.2, 0) is 4.79 Å². The van der Waals surface area contributed by atoms with Crippen molar-refractivity contribution < 1.29 is 4.79 Å². The van der Waals surface area contributed by atoms with E-state index < -0.39 is 0 Å². The SMILES string of the molecule is CC(C)NC(=O)CCN(CCC(N)=S)C1CC1. The van der Waals surface area contributed by atoms with Crippen LogP contribution in [0.4, 0.5) is 0 Å². The molecule has 1 aliphatic carbocycles. The van der Waals surface area contributed by atoms with Crippen LogP contribution in [0.3, 0.4) is 0 Å². The van der Waals surface area contributed by atoms with E-state index in [0.29, 0.717) is 17.5 Å². The van der Waals surface area contributed by atoms with E-state index in [2.05, 4.69) is 10.2 Å². The minimum atomic E-state index is 0.126. The molecule has 17 heavy (non-hydrogen) atoms. The van der Waals surface area contributed by atoms with Crippen molar-refractivity contribution in [1.29, 1.82) is 0 Å². The summed E-state index contributed by atoms with van der Waals surface area (Å²) in [6.07, 6.45) is 3.79. The number of thiocarbonyl (C=S) groups is 1. The quantitative estimate of drug-likeness (QED) is 0.638. The smallest absolute Gasteiger partial charge is 0.221 e. The summed E-state index contributed by atoms with van der Waals surface area (Å²) in [5.41, 5.74) is 5.51. The summed E-state index contributed by atoms with van der Waals surface area (Å²) in [7, 11) is 0. The summed E-state index contributed by atoms with van der Waals surface area (Å²) in [6.45, 7) is 5.65. The molecule has 0 heterocycles. The average molecular weight is 257 g/mol. The van der Waals surface area contributed by atoms with E-state index in [1.165, 1.54) is 12.8 Å². The number of carbonyl (C=O) groups excluding carboxylic acids is 1. The van der Waals surface area contributed by atoms with E-state index in [-0.39, 0.29) is 11.9 Å². The van der Waals surface area contributed by atoms with Crippen LogP contribution in [0.15, 0.2) is 0 Å². The van der Waals surface area contributed by atoms with Gasteiger partial charge in [0.25, 0.3) is 0 Å². The van der Waals surface area contributed by atoms with Crippen molar-refractivity contribution in [3.8, 4) is 0 Å². The third-order valence-corrected chi connectivity index (χ3v) is 2.99. The second-order valence-electron chi connectivity index (χ2n) is 4.96. The van der Waals surface area contributed by atoms with Gasteiger partial charge in [-0.2, -0.15) is 0 Å². The summed E-state index contributed by atoms with van der Waals surface area (Å²) in [6, 6.07) is 0.865. The zero-order valence-electron chi connectivity index (χ0n) is 10.7. The Kier molecular flexibility index (Phi) is 5.85. The normalized spacial score (nSPS) is 15.3. The van der Waals surface area contributed by atoms with Gasteiger partial charge in [0.2, 0.25) is 5.91 Å². The molecule has 1 rings (SSSR count). The Bertz CT molecular complexity index is 277. The number of rotatable bonds is 8. The molecule has 0 spiro atoms. The van der Waals surface area contributed by atoms with Gasteiger partial charge in [0.15, 0.2) is 0 Å². The number of hydrogen-bond acceptors (Lipinski definition) is 3. The molecular formula is C12H23N3OS. The van der Waals surface area contributed by atoms with Gasteiger partial charge < -0.3 is 11.1 Å². The van der Waals surface area contributed by atoms with Gasteiger partial charge in [-0.1, -0.05) is 12.2 Å². The average Bonchev–Trinajstić information content (AvgIpc) is 2.99. The number of hydrogen-bond donors (Lipinski definition) is 2. The van der Waals surface area contributed by atoms with E-state index >= 15 is 0 Å². The van der Waals surface area contributed by atoms with Crippen molar-refractivity contribution in [3.05, 3.63) is 0 Å². The molecule has 0 atom stereocenters. The van der Waals surface area contributed by atoms with Crippen LogP contribution in [0.5, 0.6) is 0 Å². The Balaban J connectivity index is 2.24. The molecule has 1 amide bonds. The Morgan fingerprint density at radius 3 is 2.47 bits per heavy atom. The van der Waals surface area contributed by atoms with Gasteiger partial charge in [0, 0.05) is 38.0 Å². The van der Waals surface area contributed by atoms with Crippen molar-refractivity contribution in [2.45, 2.75) is 51.6 Å². The molecule has 0 aliphatic heterocycles. The molecule has 0 bridgehead atoms. The number of nitrogens with one attached hydrogen (secondary N) is 1. The fourth-order valence-electron chi connectivity index (χ4n) is 1.81. The molecule has 3 N–H and O–H groups in total. The van der Waals surface area contributed by atoms with Crippen LogP contribution in [-0.4, -0.2) is 41.0 Å². The van der Waals surface area contributed by atoms with Crippen molar-refractivity contribution in [2.75, 3.05) is 13.1 Å². The van der Waals surface area contributed by atoms with Gasteiger partial charge in [-0.05, 0) is 26.7 Å². The van der Waals surface area contributed by atoms with Crippen molar-refractivity contribution in [1.82, 2.24) is 10.2 Å². The van der Waals surface area contributed by atoms with Crippen LogP contribution in [0.25, 0.3) is 0 Å². The molecule has 98 valence electrons. The molecule has 4 nitrogen and oxygen atoms in total. The van der Waals surface area contributed by atoms with E-state index in [1.54, 1.807) is 0 Å². The van der Waals surface area contributed by atoms with E-state index in [9.17, 15) is 4.79 Å². The molecule has 0 aromatic rings. The van der Waals surface area contributed by atoms with Gasteiger partial charge in [0.05, 0.1) is 4.99 Å². The minimum Gasteiger partial charge on any atom is -0.393 e. The molecule has 0 saturated heterocycles. The fraction of sp³-hybridized carbons (Fsp3) is 0.833. The Morgan fingerprint density at radius 2 is 2.00 bits per heavy atom. The topological polar surface area (TPSA) is 58.4 Å². The molecule has 0 aromatic carbocycles. The first-order valence-corrected chi connectivity index (χ1v) is 6.71. The van der Waals surface area contributed by atoms with Gasteiger partial charge in [-0.25, -0.2) is 0 Å². The lowest BCUT2D eigenvalue weighted by Crippen LogP contribution is -2.36. The van der Waals surface area contributed by atoms with Crippen molar-refractivity contribution in [2.24, 2.45) is 5.73 Å². The molecule has 1 saturated carbocycles. The van der Waals surface area contributed by atoms with Crippen LogP contribution in [0.2, 0.25) is 0 Å². The number of carbonyl (C=O) groups is 1. The predicted octanol–water partition coefficient (Wildman–Crippen LogP) is 1.04. The summed E-state index contributed by atoms with van der Waals surface area (Å²) >= 11 is 4.89. The zero-order valence-corrected chi connectivity index (χ0v) is 11.6. The van der Waals surface area contributed by atoms with E-state index in [4.69, 9.17) is 18.0 Å². The first kappa shape index (κ1) is 14.4. The molecular weight excluding hydrogens is 234 g/mol. The first-order chi connectivity index (χ1) is 7.99. The third-order valence-electron chi connectivity index (χ3n) is 2.78. The van der Waals surface area contributed by atoms with Gasteiger partial charge >= 0.3 is 0 Å². The maximum Gasteiger partial charge on any atom is 0.221 e. The predicted molar refractivity (Wildman–Crippen MR) is 73.9 cm³/mol. The lowest BCUT2D eigenvalue weighted by atomic mass is 10.3. The van der Waals surface area contributed by atoms with Gasteiger partial charge in [0.1, 0.15) is 0 Å². The Morgan fingerprint density at radius 1 is 1.41 bits per heavy atom. The molecule has 0 aromatic heterocycles. The summed E-state index contributed by atoms with van der Waals surface area (Å²) in [4.78, 5) is 14.4. The standard InChI is InChI=1S/C12H23N3OS/c1-9(2)14-12(16)6-8-15(10-3-4-10)7-5-11(13)17/h9-10H,3-8H2,1-2H3,(H2,13,17)(H,14,16). The Hall–Kier alpha value is -0.680. The largest absolute Gasteiger partial charge is 0.393 e. The van der Waals surface area contributed by atoms with Crippen LogP contribution >= 0.6 is 12.2 Å². The van der Waals surface area contributed by atoms with Crippen molar-refractivity contribution >= 4 is 23.1 Å². The first-order valence-electron chi connectivity index (χ1n) is 6.30. The highest BCUT2D eigenvalue weighted by Gasteiger charge is 2.28. The minimum absolute atomic E-state index is 0.126. The Labute approximate surface area is 109 Å². The highest BCUT2D eigenvalue weighted by molar-refractivity contribution is 7.80. The summed E-state index contributed by atoms with van der Waals surface area (Å²) in [5.74, 6) is 0.126. The number of amides is 1. The fourth-order valence-corrected chi connectivity index (χ4v) is 1.90. The highest BCUT2D eigenvalue weighted by Crippen LogP contribution is 2.26. The lowest BCUT2D eigenvalue weighted by molar-refractivity contribution is -0.121. The van der Waals surface area contributed by atoms with E-state index in [1.807, 2.05) is 13.8 Å². The summed E-state index contributed by atoms with van der Waals surface area (Å²) < 4.78 is 0. The maximum absolute atomic E-state index is 11.6. The zero-order chi connectivity index (χ0) is 12.8. The van der Waals surface area contributed by atoms with Gasteiger partial charge in [-0.3, -0.25) is 9.69 Å². The lowest BCUT2D eigenvalue weighted by Gasteiger charge is -2.21. The molecule has 1 aliphatic rings. The number of nitrogens with zero attached hydrogens (tertiary/aromatic N) is 1. The van der Waals surface area contributed by atoms with E-state index in [0.717, 1.165) is 19.5 Å². The van der Waals surface area contributed by atoms with Crippen molar-refractivity contribution in [3.63, 3.8) is 0 Å². The third kappa shape index (κ3) is 6.58. The second-order valence-corrected chi connectivity index (χ2v) is 5.48. The highest BCUT2D eigenvalue weighted by atomic mass is 32.1. The maximum atomic E-state index is 11.6. The molecule has 5 heteroatoms. The monoisotopic (exact) mass is 257 g/mol. The molecule has 1 fully saturated rings. The van der Waals surface area contributed by atoms with Crippen LogP contribution in [0.1, 0.15) is 39.5 Å². The molecule has 0 unspecified atom stereocenters.